The monoisotopic (exact) mass is 352 g/mol. The van der Waals surface area contributed by atoms with E-state index in [1.807, 2.05) is 6.08 Å². The van der Waals surface area contributed by atoms with Crippen LogP contribution in [0, 0.1) is 28.6 Å². The molecule has 1 aromatic rings. The summed E-state index contributed by atoms with van der Waals surface area (Å²) in [6, 6.07) is 10.5. The van der Waals surface area contributed by atoms with Crippen LogP contribution in [0.15, 0.2) is 42.0 Å². The Kier molecular flexibility index (Phi) is 4.38. The molecular weight excluding hydrogens is 320 g/mol. The molecule has 3 aliphatic rings. The predicted molar refractivity (Wildman–Crippen MR) is 105 cm³/mol. The van der Waals surface area contributed by atoms with E-state index in [9.17, 15) is 4.79 Å². The van der Waals surface area contributed by atoms with Gasteiger partial charge in [0.15, 0.2) is 5.78 Å². The van der Waals surface area contributed by atoms with Crippen molar-refractivity contribution in [2.45, 2.75) is 66.1 Å². The molecule has 26 heavy (non-hydrogen) atoms. The standard InChI is InChI=1S/C24H32O2/c1-16-18-10-11-21-23(2,3)22(26-15-17-8-6-5-7-9-17)12-13-24(21,4)19(18)14-20(16)25/h5-9,14,16,18,21-22H,10-13,15H2,1-4H3/t16-,18-,21-,22-,24+/m0/s1. The molecule has 0 amide bonds. The average Bonchev–Trinajstić information content (AvgIpc) is 2.91. The topological polar surface area (TPSA) is 26.3 Å². The van der Waals surface area contributed by atoms with Gasteiger partial charge in [-0.1, -0.05) is 63.6 Å². The maximum atomic E-state index is 12.3. The summed E-state index contributed by atoms with van der Waals surface area (Å²) in [5, 5.41) is 0. The molecule has 140 valence electrons. The third-order valence-corrected chi connectivity index (χ3v) is 7.89. The van der Waals surface area contributed by atoms with Crippen LogP contribution in [-0.2, 0) is 16.1 Å². The molecule has 3 aliphatic carbocycles. The van der Waals surface area contributed by atoms with Crippen LogP contribution in [0.3, 0.4) is 0 Å². The highest BCUT2D eigenvalue weighted by Gasteiger charge is 2.58. The maximum absolute atomic E-state index is 12.3. The molecule has 2 nitrogen and oxygen atoms in total. The molecule has 2 saturated carbocycles. The predicted octanol–water partition coefficient (Wildman–Crippen LogP) is 5.57. The van der Waals surface area contributed by atoms with Crippen LogP contribution in [0.2, 0.25) is 0 Å². The SMILES string of the molecule is C[C@@H]1C(=O)C=C2[C@H]1CC[C@H]1C(C)(C)[C@@H](OCc3ccccc3)CC[C@]21C. The fraction of sp³-hybridized carbons (Fsp3) is 0.625. The summed E-state index contributed by atoms with van der Waals surface area (Å²) in [6.45, 7) is 10.0. The van der Waals surface area contributed by atoms with Gasteiger partial charge >= 0.3 is 0 Å². The maximum Gasteiger partial charge on any atom is 0.159 e. The van der Waals surface area contributed by atoms with Gasteiger partial charge in [-0.3, -0.25) is 4.79 Å². The number of hydrogen-bond donors (Lipinski definition) is 0. The van der Waals surface area contributed by atoms with E-state index in [4.69, 9.17) is 4.74 Å². The molecule has 0 saturated heterocycles. The number of benzene rings is 1. The molecule has 0 spiro atoms. The average molecular weight is 353 g/mol. The first-order valence-corrected chi connectivity index (χ1v) is 10.3. The third kappa shape index (κ3) is 2.69. The van der Waals surface area contributed by atoms with Gasteiger partial charge in [-0.25, -0.2) is 0 Å². The molecule has 1 aromatic carbocycles. The normalized spacial score (nSPS) is 38.5. The first-order chi connectivity index (χ1) is 12.3. The van der Waals surface area contributed by atoms with Crippen molar-refractivity contribution in [2.24, 2.45) is 28.6 Å². The lowest BCUT2D eigenvalue weighted by atomic mass is 9.47. The first kappa shape index (κ1) is 18.0. The summed E-state index contributed by atoms with van der Waals surface area (Å²) in [5.74, 6) is 1.62. The van der Waals surface area contributed by atoms with Gasteiger partial charge < -0.3 is 4.74 Å². The molecule has 0 unspecified atom stereocenters. The van der Waals surface area contributed by atoms with Crippen LogP contribution in [-0.4, -0.2) is 11.9 Å². The molecular formula is C24H32O2. The Bertz CT molecular complexity index is 717. The van der Waals surface area contributed by atoms with Crippen molar-refractivity contribution >= 4 is 5.78 Å². The van der Waals surface area contributed by atoms with Crippen molar-refractivity contribution in [1.29, 1.82) is 0 Å². The molecule has 2 heteroatoms. The van der Waals surface area contributed by atoms with Crippen LogP contribution >= 0.6 is 0 Å². The van der Waals surface area contributed by atoms with Gasteiger partial charge in [0, 0.05) is 5.92 Å². The number of carbonyl (C=O) groups is 1. The van der Waals surface area contributed by atoms with Crippen LogP contribution in [0.25, 0.3) is 0 Å². The smallest absolute Gasteiger partial charge is 0.159 e. The molecule has 0 aliphatic heterocycles. The molecule has 0 radical (unpaired) electrons. The highest BCUT2D eigenvalue weighted by atomic mass is 16.5. The quantitative estimate of drug-likeness (QED) is 0.711. The zero-order valence-corrected chi connectivity index (χ0v) is 16.6. The lowest BCUT2D eigenvalue weighted by Crippen LogP contribution is -2.54. The molecule has 0 aromatic heterocycles. The van der Waals surface area contributed by atoms with Crippen LogP contribution in [0.4, 0.5) is 0 Å². The zero-order valence-electron chi connectivity index (χ0n) is 16.6. The second-order valence-electron chi connectivity index (χ2n) is 9.59. The van der Waals surface area contributed by atoms with Crippen LogP contribution < -0.4 is 0 Å². The summed E-state index contributed by atoms with van der Waals surface area (Å²) < 4.78 is 6.45. The van der Waals surface area contributed by atoms with Crippen molar-refractivity contribution in [1.82, 2.24) is 0 Å². The van der Waals surface area contributed by atoms with Crippen molar-refractivity contribution in [2.75, 3.05) is 0 Å². The summed E-state index contributed by atoms with van der Waals surface area (Å²) in [6.07, 6.45) is 6.90. The van der Waals surface area contributed by atoms with Crippen LogP contribution in [0.1, 0.15) is 58.9 Å². The Hall–Kier alpha value is -1.41. The van der Waals surface area contributed by atoms with Gasteiger partial charge in [0.25, 0.3) is 0 Å². The van der Waals surface area contributed by atoms with Gasteiger partial charge in [0.1, 0.15) is 0 Å². The van der Waals surface area contributed by atoms with Gasteiger partial charge in [-0.2, -0.15) is 0 Å². The van der Waals surface area contributed by atoms with Crippen molar-refractivity contribution in [3.63, 3.8) is 0 Å². The fourth-order valence-electron chi connectivity index (χ4n) is 6.33. The highest BCUT2D eigenvalue weighted by molar-refractivity contribution is 5.95. The van der Waals surface area contributed by atoms with E-state index in [0.717, 1.165) is 19.3 Å². The molecule has 5 atom stereocenters. The summed E-state index contributed by atoms with van der Waals surface area (Å²) in [4.78, 5) is 12.3. The van der Waals surface area contributed by atoms with Crippen molar-refractivity contribution in [3.8, 4) is 0 Å². The number of allylic oxidation sites excluding steroid dienone is 2. The summed E-state index contributed by atoms with van der Waals surface area (Å²) in [5.41, 5.74) is 3.00. The van der Waals surface area contributed by atoms with E-state index >= 15 is 0 Å². The Morgan fingerprint density at radius 3 is 2.54 bits per heavy atom. The molecule has 0 bridgehead atoms. The Labute approximate surface area is 158 Å². The van der Waals surface area contributed by atoms with Crippen molar-refractivity contribution < 1.29 is 9.53 Å². The lowest BCUT2D eigenvalue weighted by molar-refractivity contribution is -0.134. The minimum Gasteiger partial charge on any atom is -0.373 e. The number of ketones is 1. The number of rotatable bonds is 3. The van der Waals surface area contributed by atoms with E-state index in [1.165, 1.54) is 17.6 Å². The zero-order chi connectivity index (χ0) is 18.5. The molecule has 4 rings (SSSR count). The van der Waals surface area contributed by atoms with Gasteiger partial charge in [0.05, 0.1) is 12.7 Å². The van der Waals surface area contributed by atoms with E-state index in [2.05, 4.69) is 58.0 Å². The fourth-order valence-corrected chi connectivity index (χ4v) is 6.33. The third-order valence-electron chi connectivity index (χ3n) is 7.89. The number of hydrogen-bond acceptors (Lipinski definition) is 2. The Morgan fingerprint density at radius 1 is 1.08 bits per heavy atom. The van der Waals surface area contributed by atoms with E-state index in [-0.39, 0.29) is 22.9 Å². The minimum absolute atomic E-state index is 0.127. The van der Waals surface area contributed by atoms with Gasteiger partial charge in [-0.05, 0) is 60.0 Å². The second kappa shape index (κ2) is 6.34. The van der Waals surface area contributed by atoms with Gasteiger partial charge in [-0.15, -0.1) is 0 Å². The highest BCUT2D eigenvalue weighted by Crippen LogP contribution is 2.63. The number of ether oxygens (including phenoxy) is 1. The lowest BCUT2D eigenvalue weighted by Gasteiger charge is -2.58. The molecule has 0 heterocycles. The second-order valence-corrected chi connectivity index (χ2v) is 9.59. The first-order valence-electron chi connectivity index (χ1n) is 10.3. The Balaban J connectivity index is 1.55. The largest absolute Gasteiger partial charge is 0.373 e. The summed E-state index contributed by atoms with van der Waals surface area (Å²) in [7, 11) is 0. The van der Waals surface area contributed by atoms with E-state index in [0.29, 0.717) is 24.2 Å². The van der Waals surface area contributed by atoms with E-state index < -0.39 is 0 Å². The molecule has 0 N–H and O–H groups in total. The van der Waals surface area contributed by atoms with Crippen LogP contribution in [0.5, 0.6) is 0 Å². The number of carbonyl (C=O) groups excluding carboxylic acids is 1. The minimum atomic E-state index is 0.127. The number of fused-ring (bicyclic) bond motifs is 3. The molecule has 2 fully saturated rings. The Morgan fingerprint density at radius 2 is 1.81 bits per heavy atom. The summed E-state index contributed by atoms with van der Waals surface area (Å²) >= 11 is 0. The van der Waals surface area contributed by atoms with E-state index in [1.54, 1.807) is 0 Å². The van der Waals surface area contributed by atoms with Crippen molar-refractivity contribution in [3.05, 3.63) is 47.5 Å². The van der Waals surface area contributed by atoms with Gasteiger partial charge in [0.2, 0.25) is 0 Å².